The molecule has 0 aliphatic heterocycles. The van der Waals surface area contributed by atoms with Gasteiger partial charge in [-0.2, -0.15) is 0 Å². The molecule has 0 aliphatic rings. The van der Waals surface area contributed by atoms with Gasteiger partial charge in [0, 0.05) is 0 Å². The summed E-state index contributed by atoms with van der Waals surface area (Å²) in [6.45, 7) is 6.21. The van der Waals surface area contributed by atoms with Crippen molar-refractivity contribution >= 4 is 0 Å². The highest BCUT2D eigenvalue weighted by molar-refractivity contribution is 5.13. The van der Waals surface area contributed by atoms with Gasteiger partial charge in [0.15, 0.2) is 0 Å². The standard InChI is InChI=1S/C16H22O2/c1-3-17-12-7-8-15(2)11-13-18-14-16-9-5-4-6-10-16/h4-10,12H,3,11,13-14H2,1-2H3/b12-7+,15-8+. The molecule has 0 N–H and O–H groups in total. The maximum absolute atomic E-state index is 5.62. The maximum Gasteiger partial charge on any atom is 0.0845 e. The summed E-state index contributed by atoms with van der Waals surface area (Å²) in [7, 11) is 0. The molecule has 0 bridgehead atoms. The van der Waals surface area contributed by atoms with Gasteiger partial charge in [0.05, 0.1) is 26.1 Å². The molecule has 0 aromatic heterocycles. The van der Waals surface area contributed by atoms with Crippen LogP contribution >= 0.6 is 0 Å². The maximum atomic E-state index is 5.62. The highest BCUT2D eigenvalue weighted by Crippen LogP contribution is 2.04. The summed E-state index contributed by atoms with van der Waals surface area (Å²) in [5.41, 5.74) is 2.51. The fourth-order valence-electron chi connectivity index (χ4n) is 1.44. The molecule has 1 aromatic carbocycles. The van der Waals surface area contributed by atoms with Gasteiger partial charge in [-0.1, -0.05) is 42.0 Å². The molecule has 2 heteroatoms. The van der Waals surface area contributed by atoms with E-state index in [9.17, 15) is 0 Å². The summed E-state index contributed by atoms with van der Waals surface area (Å²) in [5.74, 6) is 0. The molecule has 0 fully saturated rings. The van der Waals surface area contributed by atoms with Crippen LogP contribution < -0.4 is 0 Å². The van der Waals surface area contributed by atoms with Crippen molar-refractivity contribution in [1.29, 1.82) is 0 Å². The third-order valence-corrected chi connectivity index (χ3v) is 2.47. The van der Waals surface area contributed by atoms with E-state index in [4.69, 9.17) is 9.47 Å². The van der Waals surface area contributed by atoms with Gasteiger partial charge in [-0.3, -0.25) is 0 Å². The van der Waals surface area contributed by atoms with Crippen LogP contribution in [0.15, 0.2) is 54.3 Å². The molecular weight excluding hydrogens is 224 g/mol. The molecule has 0 aliphatic carbocycles. The summed E-state index contributed by atoms with van der Waals surface area (Å²) in [4.78, 5) is 0. The minimum absolute atomic E-state index is 0.683. The van der Waals surface area contributed by atoms with Crippen LogP contribution in [0.4, 0.5) is 0 Å². The lowest BCUT2D eigenvalue weighted by Crippen LogP contribution is -1.95. The van der Waals surface area contributed by atoms with Crippen molar-refractivity contribution in [3.63, 3.8) is 0 Å². The van der Waals surface area contributed by atoms with Crippen molar-refractivity contribution in [3.8, 4) is 0 Å². The Labute approximate surface area is 110 Å². The predicted molar refractivity (Wildman–Crippen MR) is 75.2 cm³/mol. The van der Waals surface area contributed by atoms with Gasteiger partial charge in [-0.15, -0.1) is 0 Å². The Balaban J connectivity index is 2.14. The zero-order valence-electron chi connectivity index (χ0n) is 11.3. The minimum atomic E-state index is 0.683. The Morgan fingerprint density at radius 1 is 1.22 bits per heavy atom. The second-order valence-electron chi connectivity index (χ2n) is 4.09. The Morgan fingerprint density at radius 3 is 2.72 bits per heavy atom. The van der Waals surface area contributed by atoms with Crippen molar-refractivity contribution in [1.82, 2.24) is 0 Å². The number of benzene rings is 1. The van der Waals surface area contributed by atoms with Crippen LogP contribution in [0.1, 0.15) is 25.8 Å². The summed E-state index contributed by atoms with van der Waals surface area (Å²) in [5, 5.41) is 0. The zero-order chi connectivity index (χ0) is 13.1. The first-order chi connectivity index (χ1) is 8.83. The molecule has 0 saturated heterocycles. The molecule has 0 heterocycles. The van der Waals surface area contributed by atoms with Crippen LogP contribution in [-0.2, 0) is 16.1 Å². The normalized spacial score (nSPS) is 12.0. The molecule has 18 heavy (non-hydrogen) atoms. The van der Waals surface area contributed by atoms with E-state index in [1.165, 1.54) is 11.1 Å². The highest BCUT2D eigenvalue weighted by atomic mass is 16.5. The fourth-order valence-corrected chi connectivity index (χ4v) is 1.44. The molecule has 0 unspecified atom stereocenters. The van der Waals surface area contributed by atoms with Crippen LogP contribution in [0.25, 0.3) is 0 Å². The third-order valence-electron chi connectivity index (χ3n) is 2.47. The quantitative estimate of drug-likeness (QED) is 0.391. The van der Waals surface area contributed by atoms with E-state index in [2.05, 4.69) is 25.1 Å². The minimum Gasteiger partial charge on any atom is -0.501 e. The first-order valence-corrected chi connectivity index (χ1v) is 6.38. The molecule has 98 valence electrons. The van der Waals surface area contributed by atoms with Gasteiger partial charge in [0.25, 0.3) is 0 Å². The van der Waals surface area contributed by atoms with E-state index >= 15 is 0 Å². The molecule has 0 amide bonds. The van der Waals surface area contributed by atoms with Crippen LogP contribution in [0.2, 0.25) is 0 Å². The Morgan fingerprint density at radius 2 is 2.00 bits per heavy atom. The summed E-state index contributed by atoms with van der Waals surface area (Å²) in [6, 6.07) is 10.2. The third kappa shape index (κ3) is 6.92. The average Bonchev–Trinajstić information content (AvgIpc) is 2.41. The first kappa shape index (κ1) is 14.5. The largest absolute Gasteiger partial charge is 0.501 e. The molecular formula is C16H22O2. The van der Waals surface area contributed by atoms with E-state index in [0.29, 0.717) is 13.2 Å². The fraction of sp³-hybridized carbons (Fsp3) is 0.375. The SMILES string of the molecule is CCO/C=C/C=C(\C)CCOCc1ccccc1. The van der Waals surface area contributed by atoms with Gasteiger partial charge in [-0.25, -0.2) is 0 Å². The van der Waals surface area contributed by atoms with E-state index in [0.717, 1.165) is 13.0 Å². The lowest BCUT2D eigenvalue weighted by Gasteiger charge is -2.04. The van der Waals surface area contributed by atoms with Gasteiger partial charge < -0.3 is 9.47 Å². The summed E-state index contributed by atoms with van der Waals surface area (Å²) in [6.07, 6.45) is 6.65. The second kappa shape index (κ2) is 9.49. The molecule has 1 aromatic rings. The van der Waals surface area contributed by atoms with Gasteiger partial charge in [-0.05, 0) is 31.9 Å². The number of ether oxygens (including phenoxy) is 2. The van der Waals surface area contributed by atoms with Crippen molar-refractivity contribution in [2.24, 2.45) is 0 Å². The van der Waals surface area contributed by atoms with Gasteiger partial charge >= 0.3 is 0 Å². The van der Waals surface area contributed by atoms with E-state index in [-0.39, 0.29) is 0 Å². The van der Waals surface area contributed by atoms with E-state index < -0.39 is 0 Å². The summed E-state index contributed by atoms with van der Waals surface area (Å²) >= 11 is 0. The number of rotatable bonds is 8. The Hall–Kier alpha value is -1.54. The van der Waals surface area contributed by atoms with Crippen molar-refractivity contribution in [2.45, 2.75) is 26.9 Å². The van der Waals surface area contributed by atoms with Crippen molar-refractivity contribution in [2.75, 3.05) is 13.2 Å². The van der Waals surface area contributed by atoms with Crippen LogP contribution in [0.3, 0.4) is 0 Å². The van der Waals surface area contributed by atoms with Crippen molar-refractivity contribution < 1.29 is 9.47 Å². The second-order valence-corrected chi connectivity index (χ2v) is 4.09. The molecule has 0 radical (unpaired) electrons. The molecule has 0 atom stereocenters. The predicted octanol–water partition coefficient (Wildman–Crippen LogP) is 4.09. The zero-order valence-corrected chi connectivity index (χ0v) is 11.3. The van der Waals surface area contributed by atoms with E-state index in [1.807, 2.05) is 31.2 Å². The Bertz CT molecular complexity index is 366. The Kier molecular flexibility index (Phi) is 7.65. The number of hydrogen-bond acceptors (Lipinski definition) is 2. The van der Waals surface area contributed by atoms with Crippen molar-refractivity contribution in [3.05, 3.63) is 59.9 Å². The van der Waals surface area contributed by atoms with Gasteiger partial charge in [0.2, 0.25) is 0 Å². The molecule has 0 saturated carbocycles. The molecule has 0 spiro atoms. The first-order valence-electron chi connectivity index (χ1n) is 6.38. The lowest BCUT2D eigenvalue weighted by atomic mass is 10.2. The molecule has 1 rings (SSSR count). The smallest absolute Gasteiger partial charge is 0.0845 e. The van der Waals surface area contributed by atoms with E-state index in [1.54, 1.807) is 6.26 Å². The highest BCUT2D eigenvalue weighted by Gasteiger charge is 1.93. The van der Waals surface area contributed by atoms with Crippen LogP contribution in [0, 0.1) is 0 Å². The average molecular weight is 246 g/mol. The van der Waals surface area contributed by atoms with Crippen LogP contribution in [-0.4, -0.2) is 13.2 Å². The monoisotopic (exact) mass is 246 g/mol. The summed E-state index contributed by atoms with van der Waals surface area (Å²) < 4.78 is 10.7. The van der Waals surface area contributed by atoms with Gasteiger partial charge in [0.1, 0.15) is 0 Å². The topological polar surface area (TPSA) is 18.5 Å². The number of hydrogen-bond donors (Lipinski definition) is 0. The number of allylic oxidation sites excluding steroid dienone is 2. The lowest BCUT2D eigenvalue weighted by molar-refractivity contribution is 0.124. The molecule has 2 nitrogen and oxygen atoms in total. The van der Waals surface area contributed by atoms with Crippen LogP contribution in [0.5, 0.6) is 0 Å².